The predicted octanol–water partition coefficient (Wildman–Crippen LogP) is 5.61. The number of amides is 2. The molecule has 2 aliphatic rings. The molecule has 2 amide bonds. The molecule has 0 radical (unpaired) electrons. The predicted molar refractivity (Wildman–Crippen MR) is 133 cm³/mol. The first kappa shape index (κ1) is 25.0. The molecule has 37 heavy (non-hydrogen) atoms. The van der Waals surface area contributed by atoms with E-state index in [1.165, 1.54) is 13.2 Å². The second kappa shape index (κ2) is 9.03. The van der Waals surface area contributed by atoms with E-state index in [0.717, 1.165) is 11.1 Å². The molecule has 0 aliphatic heterocycles. The number of nitriles is 1. The highest BCUT2D eigenvalue weighted by Crippen LogP contribution is 2.41. The SMILES string of the molecule is COc1ccc(-c2ccc3cc(C(=O)NC4(C(=O)NC5(C#N)CC5)CCC(F)(F)CC4)oc3c2)cc1Cl. The smallest absolute Gasteiger partial charge is 0.287 e. The molecule has 0 bridgehead atoms. The molecule has 2 fully saturated rings. The minimum atomic E-state index is -2.92. The molecule has 2 saturated carbocycles. The van der Waals surface area contributed by atoms with E-state index in [9.17, 15) is 23.6 Å². The van der Waals surface area contributed by atoms with Crippen LogP contribution in [0, 0.1) is 11.3 Å². The summed E-state index contributed by atoms with van der Waals surface area (Å²) >= 11 is 6.25. The summed E-state index contributed by atoms with van der Waals surface area (Å²) in [6.07, 6.45) is -0.618. The molecule has 2 aromatic carbocycles. The van der Waals surface area contributed by atoms with E-state index in [0.29, 0.717) is 34.6 Å². The molecule has 192 valence electrons. The Labute approximate surface area is 216 Å². The molecule has 0 unspecified atom stereocenters. The third kappa shape index (κ3) is 4.86. The van der Waals surface area contributed by atoms with Gasteiger partial charge in [-0.1, -0.05) is 29.8 Å². The molecule has 7 nitrogen and oxygen atoms in total. The van der Waals surface area contributed by atoms with Crippen LogP contribution in [0.15, 0.2) is 46.9 Å². The number of carbonyl (C=O) groups excluding carboxylic acids is 2. The molecule has 1 heterocycles. The van der Waals surface area contributed by atoms with Crippen molar-refractivity contribution in [3.63, 3.8) is 0 Å². The number of carbonyl (C=O) groups is 2. The minimum absolute atomic E-state index is 0.0501. The van der Waals surface area contributed by atoms with Crippen molar-refractivity contribution in [1.29, 1.82) is 5.26 Å². The van der Waals surface area contributed by atoms with Crippen molar-refractivity contribution in [3.05, 3.63) is 53.2 Å². The molecule has 1 aromatic heterocycles. The number of hydrogen-bond acceptors (Lipinski definition) is 5. The van der Waals surface area contributed by atoms with E-state index in [-0.39, 0.29) is 18.6 Å². The minimum Gasteiger partial charge on any atom is -0.495 e. The van der Waals surface area contributed by atoms with Gasteiger partial charge in [-0.25, -0.2) is 8.78 Å². The van der Waals surface area contributed by atoms with Crippen molar-refractivity contribution in [2.75, 3.05) is 7.11 Å². The Balaban J connectivity index is 1.40. The van der Waals surface area contributed by atoms with Crippen molar-refractivity contribution < 1.29 is 27.5 Å². The number of halogens is 3. The van der Waals surface area contributed by atoms with Crippen LogP contribution in [0.1, 0.15) is 49.1 Å². The van der Waals surface area contributed by atoms with E-state index in [1.54, 1.807) is 24.3 Å². The number of alkyl halides is 2. The molecular formula is C27H24ClF2N3O4. The van der Waals surface area contributed by atoms with Gasteiger partial charge in [-0.2, -0.15) is 5.26 Å². The van der Waals surface area contributed by atoms with Crippen LogP contribution in [0.2, 0.25) is 5.02 Å². The average molecular weight is 528 g/mol. The Morgan fingerprint density at radius 2 is 1.68 bits per heavy atom. The number of methoxy groups -OCH3 is 1. The molecule has 3 aromatic rings. The summed E-state index contributed by atoms with van der Waals surface area (Å²) in [5, 5.41) is 15.8. The summed E-state index contributed by atoms with van der Waals surface area (Å²) in [7, 11) is 1.53. The Kier molecular flexibility index (Phi) is 6.11. The van der Waals surface area contributed by atoms with Gasteiger partial charge < -0.3 is 19.8 Å². The van der Waals surface area contributed by atoms with Crippen LogP contribution >= 0.6 is 11.6 Å². The van der Waals surface area contributed by atoms with E-state index < -0.39 is 41.7 Å². The van der Waals surface area contributed by atoms with Gasteiger partial charge in [-0.05, 0) is 61.1 Å². The fraction of sp³-hybridized carbons (Fsp3) is 0.370. The second-order valence-corrected chi connectivity index (χ2v) is 10.2. The maximum absolute atomic E-state index is 13.9. The quantitative estimate of drug-likeness (QED) is 0.433. The van der Waals surface area contributed by atoms with Crippen molar-refractivity contribution >= 4 is 34.4 Å². The summed E-state index contributed by atoms with van der Waals surface area (Å²) in [5.74, 6) is -3.73. The summed E-state index contributed by atoms with van der Waals surface area (Å²) in [5.41, 5.74) is -0.496. The first-order valence-electron chi connectivity index (χ1n) is 11.9. The number of nitrogens with one attached hydrogen (secondary N) is 2. The van der Waals surface area contributed by atoms with Gasteiger partial charge in [0, 0.05) is 18.2 Å². The molecule has 2 N–H and O–H groups in total. The van der Waals surface area contributed by atoms with Gasteiger partial charge in [-0.15, -0.1) is 0 Å². The molecule has 2 aliphatic carbocycles. The average Bonchev–Trinajstić information content (AvgIpc) is 3.52. The standard InChI is InChI=1S/C27H24ClF2N3O4/c1-36-20-5-4-16(12-19(20)28)17-2-3-18-14-22(37-21(18)13-17)23(34)32-26(8-10-27(29,30)11-9-26)24(35)33-25(15-31)6-7-25/h2-5,12-14H,6-11H2,1H3,(H,32,34)(H,33,35). The Morgan fingerprint density at radius 3 is 2.30 bits per heavy atom. The van der Waals surface area contributed by atoms with Crippen molar-refractivity contribution in [1.82, 2.24) is 10.6 Å². The second-order valence-electron chi connectivity index (χ2n) is 9.75. The van der Waals surface area contributed by atoms with Gasteiger partial charge in [0.15, 0.2) is 5.76 Å². The van der Waals surface area contributed by atoms with E-state index in [1.807, 2.05) is 12.1 Å². The number of rotatable bonds is 6. The van der Waals surface area contributed by atoms with Gasteiger partial charge in [0.2, 0.25) is 11.8 Å². The van der Waals surface area contributed by atoms with Crippen LogP contribution < -0.4 is 15.4 Å². The third-order valence-electron chi connectivity index (χ3n) is 7.17. The normalized spacial score (nSPS) is 19.0. The van der Waals surface area contributed by atoms with E-state index in [2.05, 4.69) is 16.7 Å². The van der Waals surface area contributed by atoms with Gasteiger partial charge >= 0.3 is 0 Å². The van der Waals surface area contributed by atoms with Crippen LogP contribution in [0.25, 0.3) is 22.1 Å². The third-order valence-corrected chi connectivity index (χ3v) is 7.46. The first-order chi connectivity index (χ1) is 17.6. The maximum atomic E-state index is 13.9. The molecule has 0 atom stereocenters. The number of hydrogen-bond donors (Lipinski definition) is 2. The molecular weight excluding hydrogens is 504 g/mol. The monoisotopic (exact) mass is 527 g/mol. The zero-order chi connectivity index (χ0) is 26.4. The van der Waals surface area contributed by atoms with E-state index >= 15 is 0 Å². The highest BCUT2D eigenvalue weighted by atomic mass is 35.5. The van der Waals surface area contributed by atoms with Gasteiger partial charge in [0.25, 0.3) is 5.91 Å². The van der Waals surface area contributed by atoms with Crippen LogP contribution in [-0.4, -0.2) is 35.9 Å². The van der Waals surface area contributed by atoms with E-state index in [4.69, 9.17) is 20.8 Å². The first-order valence-corrected chi connectivity index (χ1v) is 12.3. The summed E-state index contributed by atoms with van der Waals surface area (Å²) in [6, 6.07) is 14.4. The lowest BCUT2D eigenvalue weighted by molar-refractivity contribution is -0.133. The Morgan fingerprint density at radius 1 is 1.00 bits per heavy atom. The molecule has 0 saturated heterocycles. The number of furan rings is 1. The fourth-order valence-corrected chi connectivity index (χ4v) is 4.88. The van der Waals surface area contributed by atoms with Crippen molar-refractivity contribution in [2.45, 2.75) is 55.5 Å². The lowest BCUT2D eigenvalue weighted by atomic mass is 9.78. The van der Waals surface area contributed by atoms with Gasteiger partial charge in [0.05, 0.1) is 18.2 Å². The van der Waals surface area contributed by atoms with Gasteiger partial charge in [-0.3, -0.25) is 9.59 Å². The Bertz CT molecular complexity index is 1430. The number of benzene rings is 2. The lowest BCUT2D eigenvalue weighted by Gasteiger charge is -2.39. The highest BCUT2D eigenvalue weighted by molar-refractivity contribution is 6.32. The zero-order valence-electron chi connectivity index (χ0n) is 20.0. The van der Waals surface area contributed by atoms with Crippen molar-refractivity contribution in [2.24, 2.45) is 0 Å². The lowest BCUT2D eigenvalue weighted by Crippen LogP contribution is -2.62. The van der Waals surface area contributed by atoms with Crippen molar-refractivity contribution in [3.8, 4) is 22.9 Å². The fourth-order valence-electron chi connectivity index (χ4n) is 4.63. The van der Waals surface area contributed by atoms with Crippen LogP contribution in [0.3, 0.4) is 0 Å². The Hall–Kier alpha value is -3.64. The van der Waals surface area contributed by atoms with Gasteiger partial charge in [0.1, 0.15) is 22.4 Å². The molecule has 10 heteroatoms. The van der Waals surface area contributed by atoms with Crippen LogP contribution in [0.4, 0.5) is 8.78 Å². The largest absolute Gasteiger partial charge is 0.495 e. The zero-order valence-corrected chi connectivity index (χ0v) is 20.8. The topological polar surface area (TPSA) is 104 Å². The summed E-state index contributed by atoms with van der Waals surface area (Å²) in [4.78, 5) is 26.4. The summed E-state index contributed by atoms with van der Waals surface area (Å²) in [6.45, 7) is 0. The number of nitrogens with zero attached hydrogens (tertiary/aromatic N) is 1. The number of ether oxygens (including phenoxy) is 1. The summed E-state index contributed by atoms with van der Waals surface area (Å²) < 4.78 is 38.9. The highest BCUT2D eigenvalue weighted by Gasteiger charge is 2.53. The maximum Gasteiger partial charge on any atom is 0.287 e. The molecule has 0 spiro atoms. The molecule has 5 rings (SSSR count). The van der Waals surface area contributed by atoms with Crippen LogP contribution in [0.5, 0.6) is 5.75 Å². The van der Waals surface area contributed by atoms with Crippen LogP contribution in [-0.2, 0) is 4.79 Å². The number of fused-ring (bicyclic) bond motifs is 1.